The van der Waals surface area contributed by atoms with Crippen LogP contribution in [-0.2, 0) is 5.41 Å². The molecule has 7 aromatic rings. The van der Waals surface area contributed by atoms with E-state index in [1.54, 1.807) is 11.8 Å². The third kappa shape index (κ3) is 3.54. The van der Waals surface area contributed by atoms with Gasteiger partial charge in [0.2, 0.25) is 0 Å². The highest BCUT2D eigenvalue weighted by Crippen LogP contribution is 2.67. The van der Waals surface area contributed by atoms with Crippen molar-refractivity contribution in [1.82, 2.24) is 0 Å². The molecule has 0 bridgehead atoms. The molecule has 48 heavy (non-hydrogen) atoms. The second-order valence-corrected chi connectivity index (χ2v) is 13.3. The Kier molecular flexibility index (Phi) is 5.53. The van der Waals surface area contributed by atoms with Crippen molar-refractivity contribution in [3.8, 4) is 51.3 Å². The van der Waals surface area contributed by atoms with Gasteiger partial charge in [0.05, 0.1) is 33.1 Å². The lowest BCUT2D eigenvalue weighted by Crippen LogP contribution is -2.30. The van der Waals surface area contributed by atoms with Crippen molar-refractivity contribution in [2.45, 2.75) is 10.3 Å². The van der Waals surface area contributed by atoms with E-state index in [-0.39, 0.29) is 0 Å². The lowest BCUT2D eigenvalue weighted by molar-refractivity contribution is 0.343. The van der Waals surface area contributed by atoms with E-state index < -0.39 is 5.41 Å². The summed E-state index contributed by atoms with van der Waals surface area (Å²) in [5, 5.41) is 19.9. The van der Waals surface area contributed by atoms with Gasteiger partial charge >= 0.3 is 0 Å². The standard InChI is InChI=1S/C43H22N2O2S/c44-23-25-12-14-27(15-13-25)30-17-19-37-38(22-30)48-40-39-32-9-2-4-11-36(32)46-41(39)43(42(40)47-37)34-10-3-1-8-31(34)33-21-29(16-18-35(33)43)28-7-5-6-26(20-28)24-45/h1-22H. The molecule has 3 aliphatic rings. The first-order chi connectivity index (χ1) is 23.7. The molecule has 1 spiro atoms. The molecule has 0 N–H and O–H groups in total. The van der Waals surface area contributed by atoms with Crippen LogP contribution in [0.2, 0.25) is 0 Å². The number of para-hydroxylation sites is 1. The van der Waals surface area contributed by atoms with E-state index in [0.717, 1.165) is 88.1 Å². The Bertz CT molecular complexity index is 2650. The lowest BCUT2D eigenvalue weighted by Gasteiger charge is -2.32. The third-order valence-electron chi connectivity index (χ3n) is 9.79. The maximum absolute atomic E-state index is 9.57. The Hall–Kier alpha value is -6.27. The summed E-state index contributed by atoms with van der Waals surface area (Å²) >= 11 is 1.73. The molecule has 1 aromatic heterocycles. The summed E-state index contributed by atoms with van der Waals surface area (Å²) in [5.41, 5.74) is 11.1. The van der Waals surface area contributed by atoms with Gasteiger partial charge in [-0.2, -0.15) is 10.5 Å². The van der Waals surface area contributed by atoms with Gasteiger partial charge in [0.25, 0.3) is 0 Å². The van der Waals surface area contributed by atoms with Gasteiger partial charge in [-0.3, -0.25) is 0 Å². The molecule has 0 amide bonds. The Labute approximate surface area is 280 Å². The van der Waals surface area contributed by atoms with Crippen molar-refractivity contribution in [3.05, 3.63) is 173 Å². The van der Waals surface area contributed by atoms with Gasteiger partial charge in [-0.1, -0.05) is 96.7 Å². The lowest BCUT2D eigenvalue weighted by atomic mass is 9.76. The largest absolute Gasteiger partial charge is 0.459 e. The van der Waals surface area contributed by atoms with E-state index in [4.69, 9.17) is 9.15 Å². The van der Waals surface area contributed by atoms with E-state index in [1.807, 2.05) is 54.6 Å². The minimum atomic E-state index is -0.779. The Morgan fingerprint density at radius 3 is 2.19 bits per heavy atom. The number of hydrogen-bond donors (Lipinski definition) is 0. The zero-order chi connectivity index (χ0) is 32.0. The van der Waals surface area contributed by atoms with Crippen LogP contribution in [0, 0.1) is 22.7 Å². The van der Waals surface area contributed by atoms with Crippen molar-refractivity contribution in [2.75, 3.05) is 0 Å². The van der Waals surface area contributed by atoms with E-state index in [9.17, 15) is 10.5 Å². The summed E-state index contributed by atoms with van der Waals surface area (Å²) < 4.78 is 14.0. The molecular weight excluding hydrogens is 609 g/mol. The molecule has 0 saturated carbocycles. The van der Waals surface area contributed by atoms with Crippen LogP contribution in [-0.4, -0.2) is 0 Å². The minimum absolute atomic E-state index is 0.635. The zero-order valence-electron chi connectivity index (χ0n) is 25.3. The summed E-state index contributed by atoms with van der Waals surface area (Å²) in [6, 6.07) is 49.7. The summed E-state index contributed by atoms with van der Waals surface area (Å²) in [6.07, 6.45) is 0. The number of allylic oxidation sites excluding steroid dienone is 1. The topological polar surface area (TPSA) is 69.9 Å². The summed E-state index contributed by atoms with van der Waals surface area (Å²) in [6.45, 7) is 0. The predicted molar refractivity (Wildman–Crippen MR) is 188 cm³/mol. The first-order valence-electron chi connectivity index (χ1n) is 15.7. The van der Waals surface area contributed by atoms with Crippen LogP contribution in [0.15, 0.2) is 149 Å². The van der Waals surface area contributed by atoms with Crippen LogP contribution in [0.25, 0.3) is 49.3 Å². The molecule has 5 heteroatoms. The summed E-state index contributed by atoms with van der Waals surface area (Å²) in [4.78, 5) is 2.09. The molecule has 1 atom stereocenters. The summed E-state index contributed by atoms with van der Waals surface area (Å²) in [5.74, 6) is 2.56. The quantitative estimate of drug-likeness (QED) is 0.190. The van der Waals surface area contributed by atoms with E-state index in [1.165, 1.54) is 0 Å². The fourth-order valence-electron chi connectivity index (χ4n) is 7.67. The molecule has 6 aromatic carbocycles. The number of ether oxygens (including phenoxy) is 1. The Balaban J connectivity index is 1.21. The van der Waals surface area contributed by atoms with Gasteiger partial charge in [-0.25, -0.2) is 0 Å². The predicted octanol–water partition coefficient (Wildman–Crippen LogP) is 10.7. The molecule has 222 valence electrons. The van der Waals surface area contributed by atoms with Crippen LogP contribution in [0.1, 0.15) is 33.6 Å². The first-order valence-corrected chi connectivity index (χ1v) is 16.5. The number of nitriles is 2. The molecule has 4 nitrogen and oxygen atoms in total. The molecule has 0 saturated heterocycles. The van der Waals surface area contributed by atoms with Crippen LogP contribution in [0.5, 0.6) is 5.75 Å². The maximum atomic E-state index is 9.57. The number of benzene rings is 6. The van der Waals surface area contributed by atoms with Gasteiger partial charge in [-0.05, 0) is 93.0 Å². The average molecular weight is 631 g/mol. The molecule has 0 radical (unpaired) electrons. The molecule has 1 unspecified atom stereocenters. The number of rotatable bonds is 2. The maximum Gasteiger partial charge on any atom is 0.141 e. The number of hydrogen-bond acceptors (Lipinski definition) is 5. The van der Waals surface area contributed by atoms with Crippen molar-refractivity contribution in [3.63, 3.8) is 0 Å². The SMILES string of the molecule is N#Cc1ccc(-c2ccc3c(c2)SC2=C(O3)C3(c4ccccc4-c4cc(-c5cccc(C#N)c5)ccc43)c3oc4ccccc4c32)cc1. The second-order valence-electron chi connectivity index (χ2n) is 12.3. The van der Waals surface area contributed by atoms with Crippen LogP contribution < -0.4 is 4.74 Å². The number of nitrogens with zero attached hydrogens (tertiary/aromatic N) is 2. The van der Waals surface area contributed by atoms with Crippen LogP contribution in [0.4, 0.5) is 0 Å². The highest BCUT2D eigenvalue weighted by Gasteiger charge is 2.59. The molecule has 2 aliphatic carbocycles. The molecule has 1 aliphatic heterocycles. The van der Waals surface area contributed by atoms with Gasteiger partial charge in [0, 0.05) is 10.9 Å². The van der Waals surface area contributed by atoms with Gasteiger partial charge in [0.15, 0.2) is 0 Å². The van der Waals surface area contributed by atoms with Crippen molar-refractivity contribution >= 4 is 27.6 Å². The van der Waals surface area contributed by atoms with Gasteiger partial charge in [-0.15, -0.1) is 0 Å². The van der Waals surface area contributed by atoms with E-state index in [0.29, 0.717) is 11.1 Å². The molecule has 0 fully saturated rings. The normalized spacial score (nSPS) is 16.4. The third-order valence-corrected chi connectivity index (χ3v) is 10.9. The monoisotopic (exact) mass is 630 g/mol. The number of furan rings is 1. The fourth-order valence-corrected chi connectivity index (χ4v) is 8.88. The number of fused-ring (bicyclic) bond motifs is 12. The van der Waals surface area contributed by atoms with E-state index >= 15 is 0 Å². The zero-order valence-corrected chi connectivity index (χ0v) is 26.1. The fraction of sp³-hybridized carbons (Fsp3) is 0.0233. The average Bonchev–Trinajstić information content (AvgIpc) is 3.77. The minimum Gasteiger partial charge on any atom is -0.459 e. The Morgan fingerprint density at radius 1 is 0.583 bits per heavy atom. The highest BCUT2D eigenvalue weighted by atomic mass is 32.2. The Morgan fingerprint density at radius 2 is 1.31 bits per heavy atom. The summed E-state index contributed by atoms with van der Waals surface area (Å²) in [7, 11) is 0. The molecular formula is C43H22N2O2S. The first kappa shape index (κ1) is 26.9. The number of thioether (sulfide) groups is 1. The van der Waals surface area contributed by atoms with Crippen molar-refractivity contribution < 1.29 is 9.15 Å². The smallest absolute Gasteiger partial charge is 0.141 e. The van der Waals surface area contributed by atoms with Crippen LogP contribution >= 0.6 is 11.8 Å². The van der Waals surface area contributed by atoms with Gasteiger partial charge < -0.3 is 9.15 Å². The van der Waals surface area contributed by atoms with Crippen molar-refractivity contribution in [1.29, 1.82) is 10.5 Å². The van der Waals surface area contributed by atoms with Crippen molar-refractivity contribution in [2.24, 2.45) is 0 Å². The highest BCUT2D eigenvalue weighted by molar-refractivity contribution is 8.08. The molecule has 2 heterocycles. The van der Waals surface area contributed by atoms with Crippen LogP contribution in [0.3, 0.4) is 0 Å². The van der Waals surface area contributed by atoms with Gasteiger partial charge in [0.1, 0.15) is 28.3 Å². The molecule has 10 rings (SSSR count). The second kappa shape index (κ2) is 9.86. The van der Waals surface area contributed by atoms with E-state index in [2.05, 4.69) is 91.0 Å².